The minimum atomic E-state index is -1.25. The maximum atomic E-state index is 13.0. The summed E-state index contributed by atoms with van der Waals surface area (Å²) < 4.78 is 26.0. The maximum Gasteiger partial charge on any atom is 0.295 e. The second-order valence-corrected chi connectivity index (χ2v) is 4.33. The zero-order chi connectivity index (χ0) is 13.9. The van der Waals surface area contributed by atoms with Crippen molar-refractivity contribution < 1.29 is 13.7 Å². The van der Waals surface area contributed by atoms with Crippen LogP contribution in [0.15, 0.2) is 12.1 Å². The molecule has 1 rings (SSSR count). The molecule has 0 saturated heterocycles. The van der Waals surface area contributed by atoms with Crippen molar-refractivity contribution in [1.29, 1.82) is 0 Å². The van der Waals surface area contributed by atoms with Crippen LogP contribution in [0.3, 0.4) is 0 Å². The lowest BCUT2D eigenvalue weighted by Gasteiger charge is -2.17. The lowest BCUT2D eigenvalue weighted by atomic mass is 10.1. The molecule has 1 aromatic rings. The lowest BCUT2D eigenvalue weighted by Crippen LogP contribution is -2.34. The van der Waals surface area contributed by atoms with Crippen LogP contribution >= 0.6 is 0 Å². The highest BCUT2D eigenvalue weighted by Crippen LogP contribution is 2.27. The summed E-state index contributed by atoms with van der Waals surface area (Å²) in [5, 5.41) is 13.4. The molecular formula is C11H15F2N3O2. The van der Waals surface area contributed by atoms with Crippen LogP contribution in [0.2, 0.25) is 0 Å². The van der Waals surface area contributed by atoms with E-state index in [2.05, 4.69) is 5.32 Å². The summed E-state index contributed by atoms with van der Waals surface area (Å²) in [4.78, 5) is 9.94. The molecule has 0 aliphatic heterocycles. The number of nitro groups is 1. The standard InChI is InChI=1S/C11H15F2N3O2/c1-6(2)9(14)5-15-10-3-7(12)8(13)4-11(10)16(17)18/h3-4,6,9,15H,5,14H2,1-2H3. The van der Waals surface area contributed by atoms with Gasteiger partial charge in [-0.25, -0.2) is 8.78 Å². The van der Waals surface area contributed by atoms with Gasteiger partial charge in [0.2, 0.25) is 0 Å². The van der Waals surface area contributed by atoms with Gasteiger partial charge in [0.25, 0.3) is 5.69 Å². The molecule has 0 amide bonds. The number of nitro benzene ring substituents is 1. The first-order valence-corrected chi connectivity index (χ1v) is 5.45. The van der Waals surface area contributed by atoms with Crippen LogP contribution in [0.25, 0.3) is 0 Å². The largest absolute Gasteiger partial charge is 0.378 e. The number of rotatable bonds is 5. The topological polar surface area (TPSA) is 81.2 Å². The number of nitrogens with one attached hydrogen (secondary N) is 1. The highest BCUT2D eigenvalue weighted by atomic mass is 19.2. The van der Waals surface area contributed by atoms with Gasteiger partial charge in [0.05, 0.1) is 11.0 Å². The van der Waals surface area contributed by atoms with E-state index in [1.807, 2.05) is 13.8 Å². The number of halogens is 2. The summed E-state index contributed by atoms with van der Waals surface area (Å²) >= 11 is 0. The average molecular weight is 259 g/mol. The summed E-state index contributed by atoms with van der Waals surface area (Å²) in [5.41, 5.74) is 5.17. The van der Waals surface area contributed by atoms with Crippen molar-refractivity contribution in [3.8, 4) is 0 Å². The number of anilines is 1. The average Bonchev–Trinajstić information content (AvgIpc) is 2.29. The molecule has 100 valence electrons. The van der Waals surface area contributed by atoms with Crippen LogP contribution in [0.5, 0.6) is 0 Å². The summed E-state index contributed by atoms with van der Waals surface area (Å²) in [5.74, 6) is -2.22. The minimum Gasteiger partial charge on any atom is -0.378 e. The molecule has 0 heterocycles. The molecular weight excluding hydrogens is 244 g/mol. The summed E-state index contributed by atoms with van der Waals surface area (Å²) in [6.07, 6.45) is 0. The van der Waals surface area contributed by atoms with E-state index in [1.165, 1.54) is 0 Å². The highest BCUT2D eigenvalue weighted by Gasteiger charge is 2.19. The zero-order valence-electron chi connectivity index (χ0n) is 10.1. The van der Waals surface area contributed by atoms with Gasteiger partial charge in [-0.3, -0.25) is 10.1 Å². The third kappa shape index (κ3) is 3.36. The Morgan fingerprint density at radius 3 is 2.44 bits per heavy atom. The molecule has 1 atom stereocenters. The van der Waals surface area contributed by atoms with Gasteiger partial charge in [-0.15, -0.1) is 0 Å². The Kier molecular flexibility index (Phi) is 4.55. The lowest BCUT2D eigenvalue weighted by molar-refractivity contribution is -0.384. The summed E-state index contributed by atoms with van der Waals surface area (Å²) in [6, 6.07) is 1.08. The summed E-state index contributed by atoms with van der Waals surface area (Å²) in [7, 11) is 0. The summed E-state index contributed by atoms with van der Waals surface area (Å²) in [6.45, 7) is 4.03. The van der Waals surface area contributed by atoms with Gasteiger partial charge >= 0.3 is 0 Å². The number of hydrogen-bond acceptors (Lipinski definition) is 4. The Labute approximate surface area is 103 Å². The fourth-order valence-corrected chi connectivity index (χ4v) is 1.29. The Bertz CT molecular complexity index is 452. The van der Waals surface area contributed by atoms with Crippen LogP contribution in [0.1, 0.15) is 13.8 Å². The van der Waals surface area contributed by atoms with Crippen LogP contribution < -0.4 is 11.1 Å². The van der Waals surface area contributed by atoms with Gasteiger partial charge in [0, 0.05) is 18.7 Å². The molecule has 7 heteroatoms. The van der Waals surface area contributed by atoms with Crippen molar-refractivity contribution in [3.05, 3.63) is 33.9 Å². The van der Waals surface area contributed by atoms with Gasteiger partial charge in [0.15, 0.2) is 11.6 Å². The second kappa shape index (κ2) is 5.72. The molecule has 1 aromatic carbocycles. The Hall–Kier alpha value is -1.76. The van der Waals surface area contributed by atoms with Gasteiger partial charge in [0.1, 0.15) is 5.69 Å². The first-order valence-electron chi connectivity index (χ1n) is 5.45. The normalized spacial score (nSPS) is 12.6. The molecule has 5 nitrogen and oxygen atoms in total. The van der Waals surface area contributed by atoms with E-state index in [9.17, 15) is 18.9 Å². The molecule has 0 spiro atoms. The molecule has 0 saturated carbocycles. The Balaban J connectivity index is 2.93. The number of hydrogen-bond donors (Lipinski definition) is 2. The van der Waals surface area contributed by atoms with Crippen LogP contribution in [0, 0.1) is 27.7 Å². The molecule has 0 fully saturated rings. The van der Waals surface area contributed by atoms with E-state index >= 15 is 0 Å². The van der Waals surface area contributed by atoms with Crippen LogP contribution in [-0.2, 0) is 0 Å². The second-order valence-electron chi connectivity index (χ2n) is 4.33. The molecule has 0 bridgehead atoms. The van der Waals surface area contributed by atoms with Crippen molar-refractivity contribution in [1.82, 2.24) is 0 Å². The molecule has 1 unspecified atom stereocenters. The fourth-order valence-electron chi connectivity index (χ4n) is 1.29. The fraction of sp³-hybridized carbons (Fsp3) is 0.455. The molecule has 3 N–H and O–H groups in total. The van der Waals surface area contributed by atoms with Crippen LogP contribution in [-0.4, -0.2) is 17.5 Å². The SMILES string of the molecule is CC(C)C(N)CNc1cc(F)c(F)cc1[N+](=O)[O-]. The third-order valence-electron chi connectivity index (χ3n) is 2.62. The van der Waals surface area contributed by atoms with Gasteiger partial charge in [-0.05, 0) is 5.92 Å². The number of nitrogens with zero attached hydrogens (tertiary/aromatic N) is 1. The van der Waals surface area contributed by atoms with E-state index in [0.29, 0.717) is 6.07 Å². The quantitative estimate of drug-likeness (QED) is 0.627. The molecule has 0 aromatic heterocycles. The van der Waals surface area contributed by atoms with E-state index in [1.54, 1.807) is 0 Å². The van der Waals surface area contributed by atoms with Crippen molar-refractivity contribution in [3.63, 3.8) is 0 Å². The van der Waals surface area contributed by atoms with Crippen LogP contribution in [0.4, 0.5) is 20.2 Å². The van der Waals surface area contributed by atoms with Gasteiger partial charge < -0.3 is 11.1 Å². The first-order chi connectivity index (χ1) is 8.32. The van der Waals surface area contributed by atoms with Crippen molar-refractivity contribution in [2.75, 3.05) is 11.9 Å². The van der Waals surface area contributed by atoms with E-state index in [0.717, 1.165) is 6.07 Å². The predicted octanol–water partition coefficient (Wildman–Crippen LogP) is 2.27. The predicted molar refractivity (Wildman–Crippen MR) is 64.3 cm³/mol. The van der Waals surface area contributed by atoms with Crippen molar-refractivity contribution >= 4 is 11.4 Å². The highest BCUT2D eigenvalue weighted by molar-refractivity contribution is 5.61. The molecule has 0 radical (unpaired) electrons. The number of nitrogens with two attached hydrogens (primary N) is 1. The molecule has 0 aliphatic rings. The first kappa shape index (κ1) is 14.3. The van der Waals surface area contributed by atoms with E-state index in [-0.39, 0.29) is 24.2 Å². The Morgan fingerprint density at radius 2 is 1.94 bits per heavy atom. The van der Waals surface area contributed by atoms with E-state index < -0.39 is 22.2 Å². The Morgan fingerprint density at radius 1 is 1.39 bits per heavy atom. The van der Waals surface area contributed by atoms with Crippen molar-refractivity contribution in [2.45, 2.75) is 19.9 Å². The third-order valence-corrected chi connectivity index (χ3v) is 2.62. The monoisotopic (exact) mass is 259 g/mol. The van der Waals surface area contributed by atoms with Gasteiger partial charge in [-0.1, -0.05) is 13.8 Å². The smallest absolute Gasteiger partial charge is 0.295 e. The van der Waals surface area contributed by atoms with E-state index in [4.69, 9.17) is 5.73 Å². The maximum absolute atomic E-state index is 13.0. The minimum absolute atomic E-state index is 0.0741. The number of benzene rings is 1. The molecule has 0 aliphatic carbocycles. The molecule has 18 heavy (non-hydrogen) atoms. The van der Waals surface area contributed by atoms with Crippen molar-refractivity contribution in [2.24, 2.45) is 11.7 Å². The zero-order valence-corrected chi connectivity index (χ0v) is 10.1. The van der Waals surface area contributed by atoms with Gasteiger partial charge in [-0.2, -0.15) is 0 Å².